The van der Waals surface area contributed by atoms with Gasteiger partial charge in [0.1, 0.15) is 5.82 Å². The fourth-order valence-electron chi connectivity index (χ4n) is 4.41. The molecule has 2 aliphatic heterocycles. The largest absolute Gasteiger partial charge is 0.395 e. The lowest BCUT2D eigenvalue weighted by molar-refractivity contribution is 0.204. The molecule has 0 atom stereocenters. The molecule has 1 aromatic heterocycles. The summed E-state index contributed by atoms with van der Waals surface area (Å²) in [6.07, 6.45) is 14.3. The summed E-state index contributed by atoms with van der Waals surface area (Å²) in [6.45, 7) is 4.82. The highest BCUT2D eigenvalue weighted by molar-refractivity contribution is 5.68. The van der Waals surface area contributed by atoms with Gasteiger partial charge in [0, 0.05) is 31.6 Å². The summed E-state index contributed by atoms with van der Waals surface area (Å²) in [5.41, 5.74) is 2.79. The van der Waals surface area contributed by atoms with Gasteiger partial charge in [-0.15, -0.1) is 0 Å². The zero-order valence-electron chi connectivity index (χ0n) is 15.8. The molecule has 0 radical (unpaired) electrons. The molecule has 3 heterocycles. The first kappa shape index (κ1) is 17.1. The van der Waals surface area contributed by atoms with Crippen molar-refractivity contribution >= 4 is 11.5 Å². The molecule has 6 nitrogen and oxygen atoms in total. The monoisotopic (exact) mass is 365 g/mol. The lowest BCUT2D eigenvalue weighted by Crippen LogP contribution is -2.34. The zero-order chi connectivity index (χ0) is 18.3. The quantitative estimate of drug-likeness (QED) is 0.881. The van der Waals surface area contributed by atoms with Crippen LogP contribution >= 0.6 is 0 Å². The lowest BCUT2D eigenvalue weighted by atomic mass is 9.90. The van der Waals surface area contributed by atoms with Crippen LogP contribution in [0.3, 0.4) is 0 Å². The van der Waals surface area contributed by atoms with Gasteiger partial charge < -0.3 is 10.0 Å². The third kappa shape index (κ3) is 3.32. The van der Waals surface area contributed by atoms with E-state index < -0.39 is 0 Å². The minimum Gasteiger partial charge on any atom is -0.395 e. The van der Waals surface area contributed by atoms with E-state index in [2.05, 4.69) is 34.1 Å². The van der Waals surface area contributed by atoms with E-state index in [1.807, 2.05) is 0 Å². The number of β-amino-alcohol motifs (C(OH)–C–C–N with tert-alkyl or cyclic N) is 1. The van der Waals surface area contributed by atoms with Crippen LogP contribution in [0, 0.1) is 0 Å². The van der Waals surface area contributed by atoms with Crippen molar-refractivity contribution in [2.45, 2.75) is 37.5 Å². The van der Waals surface area contributed by atoms with Gasteiger partial charge in [0.2, 0.25) is 5.95 Å². The normalized spacial score (nSPS) is 25.1. The van der Waals surface area contributed by atoms with Crippen LogP contribution < -0.4 is 4.90 Å². The number of aliphatic hydroxyl groups is 1. The predicted molar refractivity (Wildman–Crippen MR) is 106 cm³/mol. The standard InChI is InChI=1S/C21H27N5O/c27-13-12-25-8-3-9-26(11-10-25)20-23-18-17(14-16-4-1-2-5-16)15-21(6-7-21)19(22-18)24-20/h1-2,4,14,27H,3,5-13,15H2. The number of allylic oxidation sites excluding steroid dienone is 6. The van der Waals surface area contributed by atoms with Gasteiger partial charge >= 0.3 is 0 Å². The Morgan fingerprint density at radius 3 is 2.81 bits per heavy atom. The van der Waals surface area contributed by atoms with Crippen molar-refractivity contribution in [3.8, 4) is 0 Å². The van der Waals surface area contributed by atoms with Crippen molar-refractivity contribution in [3.63, 3.8) is 0 Å². The Morgan fingerprint density at radius 2 is 2.04 bits per heavy atom. The highest BCUT2D eigenvalue weighted by atomic mass is 16.3. The van der Waals surface area contributed by atoms with Crippen LogP contribution in [0.15, 0.2) is 29.9 Å². The van der Waals surface area contributed by atoms with Gasteiger partial charge in [0.25, 0.3) is 0 Å². The summed E-state index contributed by atoms with van der Waals surface area (Å²) in [4.78, 5) is 19.2. The number of aromatic nitrogens is 3. The molecule has 0 aromatic carbocycles. The molecular formula is C21H27N5O. The number of rotatable bonds is 4. The SMILES string of the molecule is OCCN1CCCN(c2nc3nc(n2)C2(CC2)CC3=CC2=CC=CC2)CC1. The van der Waals surface area contributed by atoms with Crippen molar-refractivity contribution in [1.82, 2.24) is 19.9 Å². The van der Waals surface area contributed by atoms with Gasteiger partial charge in [-0.1, -0.05) is 24.3 Å². The van der Waals surface area contributed by atoms with Crippen LogP contribution in [-0.2, 0) is 5.41 Å². The van der Waals surface area contributed by atoms with Crippen LogP contribution in [0.2, 0.25) is 0 Å². The first-order valence-corrected chi connectivity index (χ1v) is 10.2. The van der Waals surface area contributed by atoms with E-state index in [1.54, 1.807) is 0 Å². The third-order valence-electron chi connectivity index (χ3n) is 6.21. The van der Waals surface area contributed by atoms with E-state index in [1.165, 1.54) is 24.0 Å². The molecule has 1 saturated heterocycles. The number of aliphatic hydroxyl groups excluding tert-OH is 1. The molecule has 1 spiro atoms. The molecule has 0 unspecified atom stereocenters. The summed E-state index contributed by atoms with van der Waals surface area (Å²) >= 11 is 0. The van der Waals surface area contributed by atoms with Crippen LogP contribution in [0.1, 0.15) is 43.8 Å². The first-order valence-electron chi connectivity index (χ1n) is 10.2. The molecule has 1 aromatic rings. The van der Waals surface area contributed by atoms with Crippen molar-refractivity contribution in [1.29, 1.82) is 0 Å². The van der Waals surface area contributed by atoms with Crippen LogP contribution in [-0.4, -0.2) is 64.3 Å². The van der Waals surface area contributed by atoms with E-state index >= 15 is 0 Å². The number of fused-ring (bicyclic) bond motifs is 3. The van der Waals surface area contributed by atoms with E-state index in [4.69, 9.17) is 15.0 Å². The van der Waals surface area contributed by atoms with Crippen LogP contribution in [0.5, 0.6) is 0 Å². The van der Waals surface area contributed by atoms with Gasteiger partial charge in [-0.2, -0.15) is 9.97 Å². The Balaban J connectivity index is 1.44. The molecule has 0 amide bonds. The first-order chi connectivity index (χ1) is 13.3. The van der Waals surface area contributed by atoms with Crippen molar-refractivity contribution in [3.05, 3.63) is 41.5 Å². The van der Waals surface area contributed by atoms with Gasteiger partial charge in [0.15, 0.2) is 5.82 Å². The Morgan fingerprint density at radius 1 is 1.11 bits per heavy atom. The van der Waals surface area contributed by atoms with Crippen LogP contribution in [0.25, 0.3) is 5.57 Å². The van der Waals surface area contributed by atoms with Gasteiger partial charge in [-0.25, -0.2) is 4.98 Å². The lowest BCUT2D eigenvalue weighted by Gasteiger charge is -2.27. The predicted octanol–water partition coefficient (Wildman–Crippen LogP) is 2.08. The Hall–Kier alpha value is -2.05. The van der Waals surface area contributed by atoms with E-state index in [0.717, 1.165) is 69.6 Å². The average Bonchev–Trinajstić information content (AvgIpc) is 3.34. The molecule has 1 saturated carbocycles. The number of hydrogen-bond donors (Lipinski definition) is 1. The number of nitrogens with zero attached hydrogens (tertiary/aromatic N) is 5. The molecule has 5 rings (SSSR count). The Labute approximate surface area is 160 Å². The van der Waals surface area contributed by atoms with Gasteiger partial charge in [-0.05, 0) is 49.8 Å². The minimum absolute atomic E-state index is 0.165. The molecule has 4 aliphatic rings. The second kappa shape index (κ2) is 6.84. The number of anilines is 1. The second-order valence-electron chi connectivity index (χ2n) is 8.19. The van der Waals surface area contributed by atoms with Crippen molar-refractivity contribution in [2.75, 3.05) is 44.2 Å². The maximum absolute atomic E-state index is 9.21. The fourth-order valence-corrected chi connectivity index (χ4v) is 4.41. The molecule has 2 fully saturated rings. The summed E-state index contributed by atoms with van der Waals surface area (Å²) in [5, 5.41) is 9.21. The molecule has 2 aliphatic carbocycles. The maximum Gasteiger partial charge on any atom is 0.229 e. The Kier molecular flexibility index (Phi) is 4.32. The van der Waals surface area contributed by atoms with Crippen molar-refractivity contribution < 1.29 is 5.11 Å². The molecular weight excluding hydrogens is 338 g/mol. The summed E-state index contributed by atoms with van der Waals surface area (Å²) in [7, 11) is 0. The maximum atomic E-state index is 9.21. The highest BCUT2D eigenvalue weighted by Crippen LogP contribution is 2.55. The van der Waals surface area contributed by atoms with E-state index in [0.29, 0.717) is 0 Å². The minimum atomic E-state index is 0.165. The smallest absolute Gasteiger partial charge is 0.229 e. The van der Waals surface area contributed by atoms with Crippen molar-refractivity contribution in [2.24, 2.45) is 0 Å². The summed E-state index contributed by atoms with van der Waals surface area (Å²) in [5.74, 6) is 2.72. The fraction of sp³-hybridized carbons (Fsp3) is 0.571. The van der Waals surface area contributed by atoms with Crippen LogP contribution in [0.4, 0.5) is 5.95 Å². The Bertz CT molecular complexity index is 824. The second-order valence-corrected chi connectivity index (χ2v) is 8.19. The molecule has 2 bridgehead atoms. The summed E-state index contributed by atoms with van der Waals surface area (Å²) < 4.78 is 0. The average molecular weight is 365 g/mol. The topological polar surface area (TPSA) is 65.4 Å². The molecule has 142 valence electrons. The van der Waals surface area contributed by atoms with Gasteiger partial charge in [0.05, 0.1) is 6.61 Å². The van der Waals surface area contributed by atoms with Gasteiger partial charge in [-0.3, -0.25) is 4.90 Å². The molecule has 6 heteroatoms. The van der Waals surface area contributed by atoms with E-state index in [9.17, 15) is 5.11 Å². The number of hydrogen-bond acceptors (Lipinski definition) is 6. The summed E-state index contributed by atoms with van der Waals surface area (Å²) in [6, 6.07) is 0. The third-order valence-corrected chi connectivity index (χ3v) is 6.21. The molecule has 1 N–H and O–H groups in total. The van der Waals surface area contributed by atoms with E-state index in [-0.39, 0.29) is 12.0 Å². The molecule has 27 heavy (non-hydrogen) atoms. The highest BCUT2D eigenvalue weighted by Gasteiger charge is 2.50. The zero-order valence-corrected chi connectivity index (χ0v) is 15.8.